The fourth-order valence-electron chi connectivity index (χ4n) is 2.16. The van der Waals surface area contributed by atoms with Gasteiger partial charge in [0, 0.05) is 18.3 Å². The van der Waals surface area contributed by atoms with E-state index >= 15 is 0 Å². The van der Waals surface area contributed by atoms with E-state index in [1.807, 2.05) is 4.98 Å². The summed E-state index contributed by atoms with van der Waals surface area (Å²) < 4.78 is 38.0. The third-order valence-electron chi connectivity index (χ3n) is 3.55. The maximum atomic E-state index is 12.7. The number of aryl methyl sites for hydroxylation is 1. The number of amides is 2. The Hall–Kier alpha value is -3.36. The van der Waals surface area contributed by atoms with Crippen LogP contribution >= 0.6 is 0 Å². The van der Waals surface area contributed by atoms with Gasteiger partial charge >= 0.3 is 6.18 Å². The van der Waals surface area contributed by atoms with Crippen molar-refractivity contribution in [2.45, 2.75) is 19.0 Å². The Balaban J connectivity index is 1.96. The number of benzene rings is 1. The SMILES string of the molecule is C=CC(=O)Nc1ccc(CCC(=O)Nc2cc(C(F)(F)F)c[nH]c2=O)cc1. The molecular weight excluding hydrogens is 363 g/mol. The van der Waals surface area contributed by atoms with Crippen LogP contribution in [0.15, 0.2) is 54.0 Å². The molecule has 1 aromatic carbocycles. The quantitative estimate of drug-likeness (QED) is 0.674. The van der Waals surface area contributed by atoms with Gasteiger partial charge in [-0.2, -0.15) is 13.2 Å². The van der Waals surface area contributed by atoms with Gasteiger partial charge < -0.3 is 15.6 Å². The number of hydrogen-bond acceptors (Lipinski definition) is 3. The summed E-state index contributed by atoms with van der Waals surface area (Å²) in [6.07, 6.45) is -2.68. The van der Waals surface area contributed by atoms with E-state index in [0.29, 0.717) is 24.4 Å². The molecular formula is C18H16F3N3O3. The van der Waals surface area contributed by atoms with Crippen LogP contribution in [0.5, 0.6) is 0 Å². The molecule has 0 unspecified atom stereocenters. The molecule has 2 rings (SSSR count). The Morgan fingerprint density at radius 1 is 1.15 bits per heavy atom. The highest BCUT2D eigenvalue weighted by Crippen LogP contribution is 2.29. The molecule has 0 fully saturated rings. The lowest BCUT2D eigenvalue weighted by atomic mass is 10.1. The van der Waals surface area contributed by atoms with E-state index in [9.17, 15) is 27.6 Å². The minimum Gasteiger partial charge on any atom is -0.327 e. The molecule has 0 aliphatic heterocycles. The van der Waals surface area contributed by atoms with E-state index in [4.69, 9.17) is 0 Å². The van der Waals surface area contributed by atoms with Gasteiger partial charge in [0.2, 0.25) is 11.8 Å². The largest absolute Gasteiger partial charge is 0.417 e. The molecule has 27 heavy (non-hydrogen) atoms. The van der Waals surface area contributed by atoms with Gasteiger partial charge in [0.15, 0.2) is 0 Å². The van der Waals surface area contributed by atoms with E-state index in [-0.39, 0.29) is 12.3 Å². The summed E-state index contributed by atoms with van der Waals surface area (Å²) in [5, 5.41) is 4.76. The molecule has 9 heteroatoms. The molecule has 0 radical (unpaired) electrons. The predicted octanol–water partition coefficient (Wildman–Crippen LogP) is 3.09. The standard InChI is InChI=1S/C18H16F3N3O3/c1-2-15(25)23-13-6-3-11(4-7-13)5-8-16(26)24-14-9-12(18(19,20)21)10-22-17(14)27/h2-4,6-7,9-10H,1,5,8H2,(H,22,27)(H,23,25)(H,24,26). The van der Waals surface area contributed by atoms with Crippen LogP contribution in [0.1, 0.15) is 17.5 Å². The zero-order chi connectivity index (χ0) is 20.0. The summed E-state index contributed by atoms with van der Waals surface area (Å²) in [4.78, 5) is 36.7. The third kappa shape index (κ3) is 5.84. The van der Waals surface area contributed by atoms with Crippen molar-refractivity contribution in [3.63, 3.8) is 0 Å². The Morgan fingerprint density at radius 3 is 2.41 bits per heavy atom. The molecule has 0 aliphatic carbocycles. The van der Waals surface area contributed by atoms with Gasteiger partial charge in [0.25, 0.3) is 5.56 Å². The van der Waals surface area contributed by atoms with Crippen molar-refractivity contribution in [3.8, 4) is 0 Å². The van der Waals surface area contributed by atoms with Crippen molar-refractivity contribution in [1.29, 1.82) is 0 Å². The maximum absolute atomic E-state index is 12.7. The van der Waals surface area contributed by atoms with Crippen molar-refractivity contribution in [2.75, 3.05) is 10.6 Å². The lowest BCUT2D eigenvalue weighted by Crippen LogP contribution is -2.21. The van der Waals surface area contributed by atoms with Crippen LogP contribution in [0, 0.1) is 0 Å². The summed E-state index contributed by atoms with van der Waals surface area (Å²) in [5.74, 6) is -0.947. The number of rotatable bonds is 6. The molecule has 0 saturated carbocycles. The van der Waals surface area contributed by atoms with Gasteiger partial charge in [-0.15, -0.1) is 0 Å². The molecule has 1 aromatic heterocycles. The molecule has 0 atom stereocenters. The molecule has 2 amide bonds. The second-order valence-corrected chi connectivity index (χ2v) is 5.57. The first kappa shape index (κ1) is 20.0. The summed E-state index contributed by atoms with van der Waals surface area (Å²) in [6.45, 7) is 3.34. The van der Waals surface area contributed by atoms with Gasteiger partial charge in [-0.3, -0.25) is 14.4 Å². The Labute approximate surface area is 152 Å². The fourth-order valence-corrected chi connectivity index (χ4v) is 2.16. The summed E-state index contributed by atoms with van der Waals surface area (Å²) >= 11 is 0. The first-order chi connectivity index (χ1) is 12.7. The third-order valence-corrected chi connectivity index (χ3v) is 3.55. The molecule has 2 aromatic rings. The van der Waals surface area contributed by atoms with E-state index in [0.717, 1.165) is 11.6 Å². The fraction of sp³-hybridized carbons (Fsp3) is 0.167. The van der Waals surface area contributed by atoms with Crippen molar-refractivity contribution in [3.05, 3.63) is 70.7 Å². The molecule has 1 heterocycles. The van der Waals surface area contributed by atoms with Crippen LogP contribution in [0.2, 0.25) is 0 Å². The minimum atomic E-state index is -4.63. The Bertz CT molecular complexity index is 903. The maximum Gasteiger partial charge on any atom is 0.417 e. The van der Waals surface area contributed by atoms with Crippen LogP contribution in [0.25, 0.3) is 0 Å². The van der Waals surface area contributed by atoms with Crippen molar-refractivity contribution in [2.24, 2.45) is 0 Å². The molecule has 0 bridgehead atoms. The van der Waals surface area contributed by atoms with Gasteiger partial charge in [-0.1, -0.05) is 18.7 Å². The van der Waals surface area contributed by atoms with Crippen molar-refractivity contribution < 1.29 is 22.8 Å². The summed E-state index contributed by atoms with van der Waals surface area (Å²) in [6, 6.07) is 7.28. The van der Waals surface area contributed by atoms with Gasteiger partial charge in [0.1, 0.15) is 5.69 Å². The zero-order valence-corrected chi connectivity index (χ0v) is 14.0. The number of carbonyl (C=O) groups is 2. The molecule has 0 saturated heterocycles. The lowest BCUT2D eigenvalue weighted by Gasteiger charge is -2.09. The number of carbonyl (C=O) groups excluding carboxylic acids is 2. The highest BCUT2D eigenvalue weighted by Gasteiger charge is 2.31. The van der Waals surface area contributed by atoms with E-state index in [1.54, 1.807) is 24.3 Å². The smallest absolute Gasteiger partial charge is 0.327 e. The van der Waals surface area contributed by atoms with Gasteiger partial charge in [0.05, 0.1) is 5.56 Å². The predicted molar refractivity (Wildman–Crippen MR) is 94.3 cm³/mol. The average Bonchev–Trinajstić information content (AvgIpc) is 2.62. The number of H-pyrrole nitrogens is 1. The van der Waals surface area contributed by atoms with Crippen molar-refractivity contribution in [1.82, 2.24) is 4.98 Å². The summed E-state index contributed by atoms with van der Waals surface area (Å²) in [5.41, 5.74) is -1.01. The lowest BCUT2D eigenvalue weighted by molar-refractivity contribution is -0.137. The zero-order valence-electron chi connectivity index (χ0n) is 14.0. The number of hydrogen-bond donors (Lipinski definition) is 3. The summed E-state index contributed by atoms with van der Waals surface area (Å²) in [7, 11) is 0. The second kappa shape index (κ2) is 8.35. The second-order valence-electron chi connectivity index (χ2n) is 5.57. The number of aromatic nitrogens is 1. The minimum absolute atomic E-state index is 0.0337. The first-order valence-corrected chi connectivity index (χ1v) is 7.81. The molecule has 0 aliphatic rings. The number of anilines is 2. The number of pyridine rings is 1. The van der Waals surface area contributed by atoms with Crippen LogP contribution in [0.4, 0.5) is 24.5 Å². The van der Waals surface area contributed by atoms with E-state index in [1.165, 1.54) is 0 Å². The average molecular weight is 379 g/mol. The number of alkyl halides is 3. The highest BCUT2D eigenvalue weighted by atomic mass is 19.4. The molecule has 3 N–H and O–H groups in total. The van der Waals surface area contributed by atoms with E-state index in [2.05, 4.69) is 17.2 Å². The van der Waals surface area contributed by atoms with Crippen LogP contribution in [-0.2, 0) is 22.2 Å². The van der Waals surface area contributed by atoms with Gasteiger partial charge in [-0.05, 0) is 36.3 Å². The molecule has 6 nitrogen and oxygen atoms in total. The number of aromatic amines is 1. The topological polar surface area (TPSA) is 91.1 Å². The monoisotopic (exact) mass is 379 g/mol. The number of halogens is 3. The molecule has 0 spiro atoms. The normalized spacial score (nSPS) is 10.9. The first-order valence-electron chi connectivity index (χ1n) is 7.81. The molecule has 142 valence electrons. The van der Waals surface area contributed by atoms with Crippen LogP contribution in [-0.4, -0.2) is 16.8 Å². The van der Waals surface area contributed by atoms with Gasteiger partial charge in [-0.25, -0.2) is 0 Å². The highest BCUT2D eigenvalue weighted by molar-refractivity contribution is 5.98. The van der Waals surface area contributed by atoms with Crippen LogP contribution in [0.3, 0.4) is 0 Å². The van der Waals surface area contributed by atoms with E-state index < -0.39 is 28.9 Å². The van der Waals surface area contributed by atoms with Crippen molar-refractivity contribution >= 4 is 23.2 Å². The van der Waals surface area contributed by atoms with Crippen LogP contribution < -0.4 is 16.2 Å². The number of nitrogens with one attached hydrogen (secondary N) is 3. The Kier molecular flexibility index (Phi) is 6.17. The Morgan fingerprint density at radius 2 is 1.81 bits per heavy atom.